The first-order chi connectivity index (χ1) is 10.7. The maximum Gasteiger partial charge on any atom is 0.160 e. The average Bonchev–Trinajstić information content (AvgIpc) is 2.91. The Labute approximate surface area is 132 Å². The van der Waals surface area contributed by atoms with Crippen LogP contribution in [0.25, 0.3) is 0 Å². The van der Waals surface area contributed by atoms with Crippen LogP contribution >= 0.6 is 0 Å². The van der Waals surface area contributed by atoms with Gasteiger partial charge in [0.1, 0.15) is 0 Å². The maximum absolute atomic E-state index is 5.33. The zero-order valence-corrected chi connectivity index (χ0v) is 13.8. The van der Waals surface area contributed by atoms with Gasteiger partial charge in [0.2, 0.25) is 0 Å². The maximum atomic E-state index is 5.33. The second-order valence-corrected chi connectivity index (χ2v) is 5.21. The average molecular weight is 303 g/mol. The molecule has 1 N–H and O–H groups in total. The molecule has 22 heavy (non-hydrogen) atoms. The molecule has 0 fully saturated rings. The summed E-state index contributed by atoms with van der Waals surface area (Å²) < 4.78 is 12.6. The molecule has 1 aromatic heterocycles. The Bertz CT molecular complexity index is 608. The standard InChI is InChI=1S/C17H25N3O2/c1-5-20-12-15(13(2)19-20)11-18-9-8-14-6-7-16(21-3)17(10-14)22-4/h6-7,10,12,18H,5,8-9,11H2,1-4H3. The van der Waals surface area contributed by atoms with E-state index in [0.717, 1.165) is 43.2 Å². The Morgan fingerprint density at radius 3 is 2.59 bits per heavy atom. The number of nitrogens with one attached hydrogen (secondary N) is 1. The quantitative estimate of drug-likeness (QED) is 0.761. The highest BCUT2D eigenvalue weighted by Gasteiger charge is 2.05. The lowest BCUT2D eigenvalue weighted by Gasteiger charge is -2.10. The zero-order chi connectivity index (χ0) is 15.9. The van der Waals surface area contributed by atoms with Crippen molar-refractivity contribution in [2.24, 2.45) is 0 Å². The van der Waals surface area contributed by atoms with Crippen LogP contribution in [-0.4, -0.2) is 30.5 Å². The first kappa shape index (κ1) is 16.4. The minimum Gasteiger partial charge on any atom is -0.493 e. The zero-order valence-electron chi connectivity index (χ0n) is 13.8. The van der Waals surface area contributed by atoms with Crippen LogP contribution in [-0.2, 0) is 19.5 Å². The molecule has 0 spiro atoms. The minimum atomic E-state index is 0.766. The SMILES string of the molecule is CCn1cc(CNCCc2ccc(OC)c(OC)c2)c(C)n1. The Balaban J connectivity index is 1.84. The Morgan fingerprint density at radius 2 is 1.95 bits per heavy atom. The van der Waals surface area contributed by atoms with Crippen LogP contribution in [0, 0.1) is 6.92 Å². The Kier molecular flexibility index (Phi) is 5.83. The number of aromatic nitrogens is 2. The molecular formula is C17H25N3O2. The minimum absolute atomic E-state index is 0.766. The molecular weight excluding hydrogens is 278 g/mol. The van der Waals surface area contributed by atoms with Crippen molar-refractivity contribution in [2.75, 3.05) is 20.8 Å². The molecule has 5 nitrogen and oxygen atoms in total. The monoisotopic (exact) mass is 303 g/mol. The van der Waals surface area contributed by atoms with Gasteiger partial charge in [-0.05, 0) is 44.5 Å². The molecule has 0 saturated carbocycles. The van der Waals surface area contributed by atoms with E-state index in [1.54, 1.807) is 14.2 Å². The number of methoxy groups -OCH3 is 2. The van der Waals surface area contributed by atoms with Crippen molar-refractivity contribution in [2.45, 2.75) is 33.4 Å². The lowest BCUT2D eigenvalue weighted by atomic mass is 10.1. The van der Waals surface area contributed by atoms with E-state index in [0.29, 0.717) is 0 Å². The van der Waals surface area contributed by atoms with Gasteiger partial charge < -0.3 is 14.8 Å². The number of nitrogens with zero attached hydrogens (tertiary/aromatic N) is 2. The largest absolute Gasteiger partial charge is 0.493 e. The normalized spacial score (nSPS) is 10.7. The Morgan fingerprint density at radius 1 is 1.18 bits per heavy atom. The Hall–Kier alpha value is -2.01. The molecule has 0 aliphatic heterocycles. The van der Waals surface area contributed by atoms with Crippen molar-refractivity contribution in [3.63, 3.8) is 0 Å². The summed E-state index contributed by atoms with van der Waals surface area (Å²) in [5, 5.41) is 7.92. The molecule has 5 heteroatoms. The van der Waals surface area contributed by atoms with E-state index in [1.165, 1.54) is 11.1 Å². The summed E-state index contributed by atoms with van der Waals surface area (Å²) >= 11 is 0. The van der Waals surface area contributed by atoms with Crippen molar-refractivity contribution in [3.8, 4) is 11.5 Å². The smallest absolute Gasteiger partial charge is 0.160 e. The third-order valence-electron chi connectivity index (χ3n) is 3.73. The van der Waals surface area contributed by atoms with Gasteiger partial charge in [-0.3, -0.25) is 4.68 Å². The number of rotatable bonds is 8. The van der Waals surface area contributed by atoms with Gasteiger partial charge in [-0.1, -0.05) is 6.07 Å². The van der Waals surface area contributed by atoms with E-state index in [4.69, 9.17) is 9.47 Å². The van der Waals surface area contributed by atoms with Crippen LogP contribution in [0.1, 0.15) is 23.7 Å². The number of hydrogen-bond acceptors (Lipinski definition) is 4. The van der Waals surface area contributed by atoms with Gasteiger partial charge >= 0.3 is 0 Å². The number of hydrogen-bond donors (Lipinski definition) is 1. The van der Waals surface area contributed by atoms with Gasteiger partial charge in [0.15, 0.2) is 11.5 Å². The van der Waals surface area contributed by atoms with Gasteiger partial charge in [-0.15, -0.1) is 0 Å². The second-order valence-electron chi connectivity index (χ2n) is 5.21. The predicted molar refractivity (Wildman–Crippen MR) is 87.6 cm³/mol. The van der Waals surface area contributed by atoms with Gasteiger partial charge in [0.25, 0.3) is 0 Å². The van der Waals surface area contributed by atoms with Crippen molar-refractivity contribution < 1.29 is 9.47 Å². The lowest BCUT2D eigenvalue weighted by Crippen LogP contribution is -2.17. The van der Waals surface area contributed by atoms with E-state index in [-0.39, 0.29) is 0 Å². The molecule has 0 amide bonds. The van der Waals surface area contributed by atoms with E-state index in [2.05, 4.69) is 36.5 Å². The summed E-state index contributed by atoms with van der Waals surface area (Å²) in [6.45, 7) is 6.82. The summed E-state index contributed by atoms with van der Waals surface area (Å²) in [4.78, 5) is 0. The summed E-state index contributed by atoms with van der Waals surface area (Å²) in [5.41, 5.74) is 3.58. The molecule has 0 unspecified atom stereocenters. The van der Waals surface area contributed by atoms with Gasteiger partial charge in [0, 0.05) is 24.8 Å². The van der Waals surface area contributed by atoms with Gasteiger partial charge in [0.05, 0.1) is 19.9 Å². The molecule has 0 aliphatic rings. The molecule has 0 aliphatic carbocycles. The van der Waals surface area contributed by atoms with Gasteiger partial charge in [-0.2, -0.15) is 5.10 Å². The van der Waals surface area contributed by atoms with Crippen LogP contribution in [0.3, 0.4) is 0 Å². The molecule has 2 rings (SSSR count). The summed E-state index contributed by atoms with van der Waals surface area (Å²) in [6.07, 6.45) is 3.06. The molecule has 0 saturated heterocycles. The fourth-order valence-electron chi connectivity index (χ4n) is 2.39. The molecule has 0 radical (unpaired) electrons. The number of benzene rings is 1. The summed E-state index contributed by atoms with van der Waals surface area (Å²) in [6, 6.07) is 6.05. The molecule has 0 atom stereocenters. The highest BCUT2D eigenvalue weighted by molar-refractivity contribution is 5.42. The third-order valence-corrected chi connectivity index (χ3v) is 3.73. The van der Waals surface area contributed by atoms with Crippen LogP contribution < -0.4 is 14.8 Å². The molecule has 1 aromatic carbocycles. The first-order valence-electron chi connectivity index (χ1n) is 7.62. The molecule has 2 aromatic rings. The number of ether oxygens (including phenoxy) is 2. The third kappa shape index (κ3) is 4.01. The van der Waals surface area contributed by atoms with Crippen molar-refractivity contribution in [1.82, 2.24) is 15.1 Å². The van der Waals surface area contributed by atoms with Gasteiger partial charge in [-0.25, -0.2) is 0 Å². The lowest BCUT2D eigenvalue weighted by molar-refractivity contribution is 0.354. The van der Waals surface area contributed by atoms with Crippen LogP contribution in [0.4, 0.5) is 0 Å². The fourth-order valence-corrected chi connectivity index (χ4v) is 2.39. The van der Waals surface area contributed by atoms with Crippen LogP contribution in [0.2, 0.25) is 0 Å². The van der Waals surface area contributed by atoms with Crippen LogP contribution in [0.5, 0.6) is 11.5 Å². The summed E-state index contributed by atoms with van der Waals surface area (Å²) in [5.74, 6) is 1.54. The number of aryl methyl sites for hydroxylation is 2. The second kappa shape index (κ2) is 7.84. The fraction of sp³-hybridized carbons (Fsp3) is 0.471. The van der Waals surface area contributed by atoms with E-state index < -0.39 is 0 Å². The van der Waals surface area contributed by atoms with E-state index in [1.807, 2.05) is 16.8 Å². The highest BCUT2D eigenvalue weighted by atomic mass is 16.5. The van der Waals surface area contributed by atoms with Crippen molar-refractivity contribution in [3.05, 3.63) is 41.2 Å². The summed E-state index contributed by atoms with van der Waals surface area (Å²) in [7, 11) is 3.31. The van der Waals surface area contributed by atoms with Crippen LogP contribution in [0.15, 0.2) is 24.4 Å². The molecule has 0 bridgehead atoms. The van der Waals surface area contributed by atoms with Crippen molar-refractivity contribution in [1.29, 1.82) is 0 Å². The highest BCUT2D eigenvalue weighted by Crippen LogP contribution is 2.27. The van der Waals surface area contributed by atoms with E-state index >= 15 is 0 Å². The first-order valence-corrected chi connectivity index (χ1v) is 7.62. The van der Waals surface area contributed by atoms with E-state index in [9.17, 15) is 0 Å². The molecule has 120 valence electrons. The topological polar surface area (TPSA) is 48.3 Å². The predicted octanol–water partition coefficient (Wildman–Crippen LogP) is 2.56. The van der Waals surface area contributed by atoms with Crippen molar-refractivity contribution >= 4 is 0 Å². The molecule has 1 heterocycles.